The topological polar surface area (TPSA) is 58.2 Å². The van der Waals surface area contributed by atoms with Gasteiger partial charge in [-0.3, -0.25) is 4.72 Å². The highest BCUT2D eigenvalue weighted by atomic mass is 79.9. The number of benzene rings is 1. The second kappa shape index (κ2) is 5.62. The van der Waals surface area contributed by atoms with Crippen LogP contribution in [0.1, 0.15) is 17.5 Å². The van der Waals surface area contributed by atoms with E-state index in [4.69, 9.17) is 0 Å². The van der Waals surface area contributed by atoms with Gasteiger partial charge in [0.05, 0.1) is 9.47 Å². The van der Waals surface area contributed by atoms with Crippen molar-refractivity contribution in [3.63, 3.8) is 0 Å². The van der Waals surface area contributed by atoms with Gasteiger partial charge in [-0.1, -0.05) is 6.07 Å². The van der Waals surface area contributed by atoms with Crippen molar-refractivity contribution in [3.05, 3.63) is 39.2 Å². The van der Waals surface area contributed by atoms with E-state index in [1.54, 1.807) is 6.07 Å². The first kappa shape index (κ1) is 14.9. The zero-order chi connectivity index (χ0) is 15.0. The van der Waals surface area contributed by atoms with E-state index in [1.165, 1.54) is 16.9 Å². The van der Waals surface area contributed by atoms with Gasteiger partial charge in [-0.2, -0.15) is 0 Å². The van der Waals surface area contributed by atoms with Crippen LogP contribution in [0, 0.1) is 6.92 Å². The van der Waals surface area contributed by atoms with Gasteiger partial charge in [-0.25, -0.2) is 8.42 Å². The smallest absolute Gasteiger partial charge is 0.271 e. The number of fused-ring (bicyclic) bond motifs is 1. The Kier molecular flexibility index (Phi) is 3.98. The molecular formula is C14H15BrN2O2S2. The first-order valence-corrected chi connectivity index (χ1v) is 9.70. The van der Waals surface area contributed by atoms with Crippen molar-refractivity contribution in [2.24, 2.45) is 0 Å². The quantitative estimate of drug-likeness (QED) is 0.838. The minimum absolute atomic E-state index is 0.317. The number of nitrogens with one attached hydrogen (secondary N) is 2. The molecule has 0 aliphatic carbocycles. The van der Waals surface area contributed by atoms with Crippen LogP contribution in [0.25, 0.3) is 0 Å². The summed E-state index contributed by atoms with van der Waals surface area (Å²) in [6.45, 7) is 2.81. The van der Waals surface area contributed by atoms with Crippen molar-refractivity contribution in [2.75, 3.05) is 16.6 Å². The molecule has 0 radical (unpaired) electrons. The summed E-state index contributed by atoms with van der Waals surface area (Å²) < 4.78 is 28.6. The maximum absolute atomic E-state index is 12.4. The maximum atomic E-state index is 12.4. The molecule has 1 aromatic heterocycles. The highest BCUT2D eigenvalue weighted by Crippen LogP contribution is 2.32. The molecule has 21 heavy (non-hydrogen) atoms. The van der Waals surface area contributed by atoms with Crippen molar-refractivity contribution in [2.45, 2.75) is 24.0 Å². The number of anilines is 2. The largest absolute Gasteiger partial charge is 0.385 e. The third-order valence-electron chi connectivity index (χ3n) is 3.40. The Morgan fingerprint density at radius 1 is 1.33 bits per heavy atom. The van der Waals surface area contributed by atoms with E-state index in [-0.39, 0.29) is 0 Å². The molecular weight excluding hydrogens is 372 g/mol. The number of halogens is 1. The van der Waals surface area contributed by atoms with Gasteiger partial charge in [0.25, 0.3) is 10.0 Å². The van der Waals surface area contributed by atoms with Crippen LogP contribution in [0.2, 0.25) is 0 Å². The van der Waals surface area contributed by atoms with Gasteiger partial charge in [0.2, 0.25) is 0 Å². The van der Waals surface area contributed by atoms with Gasteiger partial charge < -0.3 is 5.32 Å². The van der Waals surface area contributed by atoms with Crippen molar-refractivity contribution in [3.8, 4) is 0 Å². The third kappa shape index (κ3) is 3.09. The number of aryl methyl sites for hydroxylation is 2. The van der Waals surface area contributed by atoms with E-state index in [9.17, 15) is 8.42 Å². The molecule has 0 saturated heterocycles. The fourth-order valence-electron chi connectivity index (χ4n) is 2.29. The van der Waals surface area contributed by atoms with E-state index >= 15 is 0 Å². The molecule has 112 valence electrons. The highest BCUT2D eigenvalue weighted by molar-refractivity contribution is 9.11. The van der Waals surface area contributed by atoms with E-state index in [2.05, 4.69) is 26.0 Å². The van der Waals surface area contributed by atoms with Gasteiger partial charge in [-0.15, -0.1) is 11.3 Å². The number of rotatable bonds is 3. The van der Waals surface area contributed by atoms with Crippen molar-refractivity contribution in [1.82, 2.24) is 0 Å². The van der Waals surface area contributed by atoms with Crippen molar-refractivity contribution < 1.29 is 8.42 Å². The summed E-state index contributed by atoms with van der Waals surface area (Å²) in [6, 6.07) is 7.34. The lowest BCUT2D eigenvalue weighted by Crippen LogP contribution is -2.14. The van der Waals surface area contributed by atoms with Gasteiger partial charge in [0.1, 0.15) is 4.21 Å². The summed E-state index contributed by atoms with van der Waals surface area (Å²) >= 11 is 4.58. The molecule has 7 heteroatoms. The third-order valence-corrected chi connectivity index (χ3v) is 7.39. The van der Waals surface area contributed by atoms with E-state index < -0.39 is 10.0 Å². The van der Waals surface area contributed by atoms with Crippen LogP contribution in [-0.4, -0.2) is 15.0 Å². The van der Waals surface area contributed by atoms with Crippen LogP contribution in [-0.2, 0) is 16.4 Å². The Morgan fingerprint density at radius 3 is 2.86 bits per heavy atom. The van der Waals surface area contributed by atoms with Crippen LogP contribution >= 0.6 is 27.3 Å². The number of hydrogen-bond acceptors (Lipinski definition) is 4. The van der Waals surface area contributed by atoms with Gasteiger partial charge in [-0.05, 0) is 65.0 Å². The van der Waals surface area contributed by atoms with E-state index in [0.29, 0.717) is 9.90 Å². The number of sulfonamides is 1. The molecule has 1 aliphatic heterocycles. The molecule has 2 heterocycles. The fourth-order valence-corrected chi connectivity index (χ4v) is 5.57. The molecule has 1 aromatic carbocycles. The lowest BCUT2D eigenvalue weighted by Gasteiger charge is -2.19. The summed E-state index contributed by atoms with van der Waals surface area (Å²) in [5.74, 6) is 0. The van der Waals surface area contributed by atoms with Crippen LogP contribution in [0.4, 0.5) is 11.4 Å². The Bertz CT molecular complexity index is 765. The molecule has 0 spiro atoms. The molecule has 2 aromatic rings. The Morgan fingerprint density at radius 2 is 2.14 bits per heavy atom. The molecule has 4 nitrogen and oxygen atoms in total. The number of thiophene rings is 1. The molecule has 1 aliphatic rings. The van der Waals surface area contributed by atoms with Gasteiger partial charge >= 0.3 is 0 Å². The summed E-state index contributed by atoms with van der Waals surface area (Å²) in [5.41, 5.74) is 3.77. The predicted molar refractivity (Wildman–Crippen MR) is 90.8 cm³/mol. The Balaban J connectivity index is 1.88. The molecule has 0 amide bonds. The highest BCUT2D eigenvalue weighted by Gasteiger charge is 2.19. The summed E-state index contributed by atoms with van der Waals surface area (Å²) in [5, 5.41) is 3.30. The minimum atomic E-state index is -3.53. The molecule has 2 N–H and O–H groups in total. The summed E-state index contributed by atoms with van der Waals surface area (Å²) in [7, 11) is -3.53. The predicted octanol–water partition coefficient (Wildman–Crippen LogP) is 3.98. The molecule has 0 atom stereocenters. The number of hydrogen-bond donors (Lipinski definition) is 2. The average Bonchev–Trinajstić information content (AvgIpc) is 2.79. The van der Waals surface area contributed by atoms with Crippen LogP contribution < -0.4 is 10.0 Å². The second-order valence-corrected chi connectivity index (χ2v) is 9.31. The first-order chi connectivity index (χ1) is 9.95. The maximum Gasteiger partial charge on any atom is 0.271 e. The standard InChI is InChI=1S/C14H15BrN2O2S2/c1-9-7-13(20-14(9)15)21(18,19)17-11-5-4-10-3-2-6-16-12(10)8-11/h4-5,7-8,16-17H,2-3,6H2,1H3. The van der Waals surface area contributed by atoms with Crippen molar-refractivity contribution >= 4 is 48.7 Å². The monoisotopic (exact) mass is 386 g/mol. The summed E-state index contributed by atoms with van der Waals surface area (Å²) in [6.07, 6.45) is 2.15. The molecule has 0 saturated carbocycles. The minimum Gasteiger partial charge on any atom is -0.385 e. The van der Waals surface area contributed by atoms with E-state index in [0.717, 1.165) is 34.4 Å². The first-order valence-electron chi connectivity index (χ1n) is 6.61. The Labute approximate surface area is 136 Å². The van der Waals surface area contributed by atoms with Gasteiger partial charge in [0, 0.05) is 12.2 Å². The Hall–Kier alpha value is -1.05. The fraction of sp³-hybridized carbons (Fsp3) is 0.286. The lowest BCUT2D eigenvalue weighted by atomic mass is 10.0. The van der Waals surface area contributed by atoms with Gasteiger partial charge in [0.15, 0.2) is 0 Å². The second-order valence-electron chi connectivity index (χ2n) is 5.03. The van der Waals surface area contributed by atoms with Crippen LogP contribution in [0.15, 0.2) is 32.3 Å². The molecule has 0 bridgehead atoms. The lowest BCUT2D eigenvalue weighted by molar-refractivity contribution is 0.603. The average molecular weight is 387 g/mol. The van der Waals surface area contributed by atoms with E-state index in [1.807, 2.05) is 25.1 Å². The SMILES string of the molecule is Cc1cc(S(=O)(=O)Nc2ccc3c(c2)NCCC3)sc1Br. The molecule has 0 fully saturated rings. The van der Waals surface area contributed by atoms with Crippen LogP contribution in [0.3, 0.4) is 0 Å². The normalized spacial score (nSPS) is 14.4. The summed E-state index contributed by atoms with van der Waals surface area (Å²) in [4.78, 5) is 0. The van der Waals surface area contributed by atoms with Crippen LogP contribution in [0.5, 0.6) is 0 Å². The molecule has 0 unspecified atom stereocenters. The molecule has 3 rings (SSSR count). The van der Waals surface area contributed by atoms with Crippen molar-refractivity contribution in [1.29, 1.82) is 0 Å². The zero-order valence-electron chi connectivity index (χ0n) is 11.4. The zero-order valence-corrected chi connectivity index (χ0v) is 14.7.